The molecule has 1 aromatic heterocycles. The fourth-order valence-electron chi connectivity index (χ4n) is 2.32. The zero-order chi connectivity index (χ0) is 13.9. The molecule has 0 saturated heterocycles. The van der Waals surface area contributed by atoms with Gasteiger partial charge < -0.3 is 4.74 Å². The van der Waals surface area contributed by atoms with Crippen molar-refractivity contribution in [3.05, 3.63) is 38.8 Å². The Balaban J connectivity index is 1.86. The topological polar surface area (TPSA) is 34.5 Å². The number of aromatic nitrogens is 1. The molecule has 3 rings (SSSR count). The van der Waals surface area contributed by atoms with Gasteiger partial charge in [-0.05, 0) is 43.9 Å². The molecule has 1 heterocycles. The van der Waals surface area contributed by atoms with E-state index in [0.717, 1.165) is 33.8 Å². The highest BCUT2D eigenvalue weighted by Crippen LogP contribution is 2.31. The number of nitrogens with zero attached hydrogens (tertiary/aromatic N) is 2. The predicted octanol–water partition coefficient (Wildman–Crippen LogP) is 4.54. The van der Waals surface area contributed by atoms with E-state index >= 15 is 0 Å². The summed E-state index contributed by atoms with van der Waals surface area (Å²) in [5.41, 5.74) is 2.20. The van der Waals surface area contributed by atoms with E-state index in [2.05, 4.69) is 25.9 Å². The van der Waals surface area contributed by atoms with Crippen molar-refractivity contribution >= 4 is 38.6 Å². The molecule has 1 aliphatic carbocycles. The molecule has 0 bridgehead atoms. The molecule has 0 saturated carbocycles. The van der Waals surface area contributed by atoms with Crippen molar-refractivity contribution in [1.82, 2.24) is 4.98 Å². The third-order valence-electron chi connectivity index (χ3n) is 3.34. The Bertz CT molecular complexity index is 628. The SMILES string of the molecule is COc1ccc(Br)cc1/C=N/c1nc2c(s1)CCCC2. The van der Waals surface area contributed by atoms with E-state index in [1.54, 1.807) is 18.4 Å². The zero-order valence-electron chi connectivity index (χ0n) is 11.2. The normalized spacial score (nSPS) is 14.5. The Labute approximate surface area is 130 Å². The molecule has 5 heteroatoms. The van der Waals surface area contributed by atoms with Gasteiger partial charge in [-0.3, -0.25) is 0 Å². The van der Waals surface area contributed by atoms with Crippen LogP contribution in [0, 0.1) is 0 Å². The van der Waals surface area contributed by atoms with Crippen molar-refractivity contribution in [2.75, 3.05) is 7.11 Å². The summed E-state index contributed by atoms with van der Waals surface area (Å²) in [4.78, 5) is 10.5. The Morgan fingerprint density at radius 2 is 2.20 bits per heavy atom. The molecular weight excluding hydrogens is 336 g/mol. The summed E-state index contributed by atoms with van der Waals surface area (Å²) in [6, 6.07) is 5.88. The Kier molecular flexibility index (Phi) is 4.17. The fourth-order valence-corrected chi connectivity index (χ4v) is 3.70. The van der Waals surface area contributed by atoms with Gasteiger partial charge in [0.25, 0.3) is 0 Å². The lowest BCUT2D eigenvalue weighted by Crippen LogP contribution is -1.98. The summed E-state index contributed by atoms with van der Waals surface area (Å²) >= 11 is 5.18. The van der Waals surface area contributed by atoms with E-state index < -0.39 is 0 Å². The van der Waals surface area contributed by atoms with Gasteiger partial charge in [-0.25, -0.2) is 9.98 Å². The molecule has 0 N–H and O–H groups in total. The highest BCUT2D eigenvalue weighted by molar-refractivity contribution is 9.10. The van der Waals surface area contributed by atoms with E-state index in [9.17, 15) is 0 Å². The number of aryl methyl sites for hydroxylation is 2. The zero-order valence-corrected chi connectivity index (χ0v) is 13.6. The van der Waals surface area contributed by atoms with Gasteiger partial charge in [-0.2, -0.15) is 0 Å². The number of ether oxygens (including phenoxy) is 1. The van der Waals surface area contributed by atoms with Gasteiger partial charge in [0.15, 0.2) is 0 Å². The van der Waals surface area contributed by atoms with Gasteiger partial charge >= 0.3 is 0 Å². The molecule has 0 radical (unpaired) electrons. The lowest BCUT2D eigenvalue weighted by Gasteiger charge is -2.06. The first-order valence-corrected chi connectivity index (χ1v) is 8.23. The minimum Gasteiger partial charge on any atom is -0.496 e. The van der Waals surface area contributed by atoms with Gasteiger partial charge in [0.1, 0.15) is 5.75 Å². The summed E-state index contributed by atoms with van der Waals surface area (Å²) in [6.45, 7) is 0. The number of methoxy groups -OCH3 is 1. The van der Waals surface area contributed by atoms with E-state index in [4.69, 9.17) is 4.74 Å². The highest BCUT2D eigenvalue weighted by atomic mass is 79.9. The van der Waals surface area contributed by atoms with Crippen LogP contribution in [0.25, 0.3) is 0 Å². The Morgan fingerprint density at radius 3 is 3.00 bits per heavy atom. The number of fused-ring (bicyclic) bond motifs is 1. The first-order chi connectivity index (χ1) is 9.76. The van der Waals surface area contributed by atoms with Gasteiger partial charge in [0.05, 0.1) is 12.8 Å². The van der Waals surface area contributed by atoms with E-state index in [-0.39, 0.29) is 0 Å². The number of benzene rings is 1. The van der Waals surface area contributed by atoms with Crippen LogP contribution in [0.1, 0.15) is 29.0 Å². The number of hydrogen-bond acceptors (Lipinski definition) is 4. The van der Waals surface area contributed by atoms with Crippen molar-refractivity contribution in [1.29, 1.82) is 0 Å². The maximum Gasteiger partial charge on any atom is 0.209 e. The van der Waals surface area contributed by atoms with E-state index in [1.807, 2.05) is 24.4 Å². The number of thiazole rings is 1. The number of rotatable bonds is 3. The molecule has 0 unspecified atom stereocenters. The van der Waals surface area contributed by atoms with Crippen LogP contribution in [-0.2, 0) is 12.8 Å². The molecule has 0 fully saturated rings. The van der Waals surface area contributed by atoms with Crippen molar-refractivity contribution in [2.45, 2.75) is 25.7 Å². The van der Waals surface area contributed by atoms with Gasteiger partial charge in [0.2, 0.25) is 5.13 Å². The summed E-state index contributed by atoms with van der Waals surface area (Å²) in [6.07, 6.45) is 6.61. The summed E-state index contributed by atoms with van der Waals surface area (Å²) in [7, 11) is 1.67. The first-order valence-electron chi connectivity index (χ1n) is 6.62. The lowest BCUT2D eigenvalue weighted by molar-refractivity contribution is 0.414. The maximum absolute atomic E-state index is 5.34. The van der Waals surface area contributed by atoms with Crippen molar-refractivity contribution in [2.24, 2.45) is 4.99 Å². The average Bonchev–Trinajstić information content (AvgIpc) is 2.88. The van der Waals surface area contributed by atoms with Crippen LogP contribution in [-0.4, -0.2) is 18.3 Å². The number of hydrogen-bond donors (Lipinski definition) is 0. The van der Waals surface area contributed by atoms with Crippen LogP contribution in [0.5, 0.6) is 5.75 Å². The third kappa shape index (κ3) is 2.94. The van der Waals surface area contributed by atoms with Crippen LogP contribution < -0.4 is 4.74 Å². The van der Waals surface area contributed by atoms with Crippen molar-refractivity contribution < 1.29 is 4.74 Å². The van der Waals surface area contributed by atoms with Crippen LogP contribution in [0.4, 0.5) is 5.13 Å². The van der Waals surface area contributed by atoms with Crippen molar-refractivity contribution in [3.8, 4) is 5.75 Å². The highest BCUT2D eigenvalue weighted by Gasteiger charge is 2.14. The van der Waals surface area contributed by atoms with Gasteiger partial charge in [0, 0.05) is 21.1 Å². The summed E-state index contributed by atoms with van der Waals surface area (Å²) in [5.74, 6) is 0.818. The standard InChI is InChI=1S/C15H15BrN2OS/c1-19-13-7-6-11(16)8-10(13)9-17-15-18-12-4-2-3-5-14(12)20-15/h6-9H,2-5H2,1H3/b17-9+. The maximum atomic E-state index is 5.34. The summed E-state index contributed by atoms with van der Waals surface area (Å²) < 4.78 is 6.35. The molecule has 104 valence electrons. The van der Waals surface area contributed by atoms with Crippen LogP contribution in [0.15, 0.2) is 27.7 Å². The average molecular weight is 351 g/mol. The van der Waals surface area contributed by atoms with E-state index in [1.165, 1.54) is 23.4 Å². The monoisotopic (exact) mass is 350 g/mol. The minimum absolute atomic E-state index is 0.818. The molecule has 1 aliphatic rings. The van der Waals surface area contributed by atoms with Gasteiger partial charge in [-0.1, -0.05) is 27.3 Å². The molecule has 0 spiro atoms. The second kappa shape index (κ2) is 6.06. The fraction of sp³-hybridized carbons (Fsp3) is 0.333. The molecule has 0 atom stereocenters. The second-order valence-corrected chi connectivity index (χ2v) is 6.70. The van der Waals surface area contributed by atoms with Crippen LogP contribution >= 0.6 is 27.3 Å². The van der Waals surface area contributed by atoms with Crippen LogP contribution in [0.2, 0.25) is 0 Å². The van der Waals surface area contributed by atoms with Gasteiger partial charge in [-0.15, -0.1) is 0 Å². The second-order valence-electron chi connectivity index (χ2n) is 4.72. The van der Waals surface area contributed by atoms with Crippen LogP contribution in [0.3, 0.4) is 0 Å². The molecule has 3 nitrogen and oxygen atoms in total. The summed E-state index contributed by atoms with van der Waals surface area (Å²) in [5, 5.41) is 0.846. The number of aliphatic imine (C=N–C) groups is 1. The molecule has 1 aromatic carbocycles. The quantitative estimate of drug-likeness (QED) is 0.761. The Morgan fingerprint density at radius 1 is 1.35 bits per heavy atom. The predicted molar refractivity (Wildman–Crippen MR) is 86.7 cm³/mol. The molecule has 20 heavy (non-hydrogen) atoms. The molecular formula is C15H15BrN2OS. The molecule has 0 amide bonds. The number of halogens is 1. The Hall–Kier alpha value is -1.20. The smallest absolute Gasteiger partial charge is 0.209 e. The lowest BCUT2D eigenvalue weighted by atomic mass is 10.0. The first kappa shape index (κ1) is 13.8. The van der Waals surface area contributed by atoms with E-state index in [0.29, 0.717) is 0 Å². The van der Waals surface area contributed by atoms with Crippen molar-refractivity contribution in [3.63, 3.8) is 0 Å². The molecule has 0 aliphatic heterocycles. The largest absolute Gasteiger partial charge is 0.496 e. The minimum atomic E-state index is 0.818. The molecule has 2 aromatic rings. The third-order valence-corrected chi connectivity index (χ3v) is 4.90.